The molecule has 0 aliphatic carbocycles. The van der Waals surface area contributed by atoms with Crippen molar-refractivity contribution in [2.75, 3.05) is 43.7 Å². The minimum absolute atomic E-state index is 0.0208. The fourth-order valence-corrected chi connectivity index (χ4v) is 5.07. The van der Waals surface area contributed by atoms with Crippen molar-refractivity contribution in [1.29, 1.82) is 0 Å². The molecule has 1 atom stereocenters. The standard InChI is InChI=1S/C37H36F2N6O6/c1-5-15-44(27-7-11-29(50-3)12-8-27)34(46)23-40-35(47)31-21-41-42-22-32(31)36(48)43-33(19-24-17-25(38)20-26(39)18-24)37(49)45(16-6-2)28-9-13-30(51-4)14-10-28/h5-14,17-18,20-22,33H,1-2,15-16,19,23H2,3-4H3,(H,40,47)(H,43,48)/t33-/m0/s1. The lowest BCUT2D eigenvalue weighted by atomic mass is 10.0. The highest BCUT2D eigenvalue weighted by atomic mass is 19.1. The topological polar surface area (TPSA) is 143 Å². The molecule has 0 radical (unpaired) electrons. The molecule has 1 aromatic heterocycles. The first-order chi connectivity index (χ1) is 24.6. The van der Waals surface area contributed by atoms with Crippen LogP contribution in [0.4, 0.5) is 20.2 Å². The van der Waals surface area contributed by atoms with E-state index >= 15 is 0 Å². The molecule has 3 aromatic carbocycles. The number of hydrogen-bond donors (Lipinski definition) is 2. The van der Waals surface area contributed by atoms with Crippen LogP contribution in [0, 0.1) is 11.6 Å². The van der Waals surface area contributed by atoms with E-state index in [1.54, 1.807) is 48.5 Å². The summed E-state index contributed by atoms with van der Waals surface area (Å²) in [6.07, 6.45) is 4.76. The van der Waals surface area contributed by atoms with Crippen LogP contribution >= 0.6 is 0 Å². The highest BCUT2D eigenvalue weighted by Gasteiger charge is 2.30. The van der Waals surface area contributed by atoms with E-state index in [0.29, 0.717) is 28.9 Å². The average molecular weight is 699 g/mol. The van der Waals surface area contributed by atoms with E-state index in [4.69, 9.17) is 9.47 Å². The Kier molecular flexibility index (Phi) is 13.1. The maximum atomic E-state index is 14.2. The molecule has 2 N–H and O–H groups in total. The Bertz CT molecular complexity index is 1870. The molecule has 0 bridgehead atoms. The Morgan fingerprint density at radius 3 is 1.76 bits per heavy atom. The van der Waals surface area contributed by atoms with Gasteiger partial charge in [0.15, 0.2) is 0 Å². The fourth-order valence-electron chi connectivity index (χ4n) is 5.07. The number of nitrogens with zero attached hydrogens (tertiary/aromatic N) is 4. The number of nitrogens with one attached hydrogen (secondary N) is 2. The Morgan fingerprint density at radius 2 is 1.25 bits per heavy atom. The Balaban J connectivity index is 1.58. The first-order valence-corrected chi connectivity index (χ1v) is 15.5. The van der Waals surface area contributed by atoms with Crippen LogP contribution in [-0.4, -0.2) is 73.7 Å². The first-order valence-electron chi connectivity index (χ1n) is 15.5. The molecular formula is C37H36F2N6O6. The number of rotatable bonds is 16. The van der Waals surface area contributed by atoms with Crippen molar-refractivity contribution in [3.63, 3.8) is 0 Å². The van der Waals surface area contributed by atoms with E-state index in [-0.39, 0.29) is 36.2 Å². The van der Waals surface area contributed by atoms with Gasteiger partial charge in [-0.15, -0.1) is 13.2 Å². The zero-order valence-electron chi connectivity index (χ0n) is 28.0. The highest BCUT2D eigenvalue weighted by molar-refractivity contribution is 6.09. The molecule has 14 heteroatoms. The number of benzene rings is 3. The number of carbonyl (C=O) groups excluding carboxylic acids is 4. The van der Waals surface area contributed by atoms with Crippen molar-refractivity contribution in [1.82, 2.24) is 20.8 Å². The Labute approximate surface area is 293 Å². The third kappa shape index (κ3) is 9.81. The monoisotopic (exact) mass is 698 g/mol. The smallest absolute Gasteiger partial charge is 0.254 e. The molecule has 51 heavy (non-hydrogen) atoms. The van der Waals surface area contributed by atoms with E-state index in [1.807, 2.05) is 0 Å². The molecule has 0 saturated carbocycles. The molecule has 1 heterocycles. The zero-order chi connectivity index (χ0) is 36.9. The van der Waals surface area contributed by atoms with Gasteiger partial charge in [0.2, 0.25) is 11.8 Å². The summed E-state index contributed by atoms with van der Waals surface area (Å²) in [5.41, 5.74) is 0.548. The summed E-state index contributed by atoms with van der Waals surface area (Å²) >= 11 is 0. The molecule has 0 spiro atoms. The van der Waals surface area contributed by atoms with Gasteiger partial charge in [-0.3, -0.25) is 19.2 Å². The molecule has 12 nitrogen and oxygen atoms in total. The van der Waals surface area contributed by atoms with Crippen LogP contribution in [0.5, 0.6) is 11.5 Å². The number of carbonyl (C=O) groups is 4. The van der Waals surface area contributed by atoms with E-state index in [0.717, 1.165) is 24.5 Å². The summed E-state index contributed by atoms with van der Waals surface area (Å²) in [4.78, 5) is 57.1. The number of methoxy groups -OCH3 is 2. The van der Waals surface area contributed by atoms with Crippen molar-refractivity contribution in [3.8, 4) is 11.5 Å². The summed E-state index contributed by atoms with van der Waals surface area (Å²) in [6, 6.07) is 14.6. The van der Waals surface area contributed by atoms with Gasteiger partial charge < -0.3 is 29.9 Å². The van der Waals surface area contributed by atoms with E-state index in [9.17, 15) is 28.0 Å². The maximum Gasteiger partial charge on any atom is 0.254 e. The lowest BCUT2D eigenvalue weighted by Crippen LogP contribution is -2.50. The van der Waals surface area contributed by atoms with E-state index in [2.05, 4.69) is 34.0 Å². The summed E-state index contributed by atoms with van der Waals surface area (Å²) < 4.78 is 38.7. The molecule has 264 valence electrons. The molecule has 0 fully saturated rings. The van der Waals surface area contributed by atoms with Crippen molar-refractivity contribution in [2.24, 2.45) is 0 Å². The van der Waals surface area contributed by atoms with Crippen molar-refractivity contribution in [3.05, 3.63) is 133 Å². The van der Waals surface area contributed by atoms with E-state index in [1.165, 1.54) is 36.2 Å². The van der Waals surface area contributed by atoms with Crippen LogP contribution in [-0.2, 0) is 16.0 Å². The number of anilines is 2. The molecule has 0 unspecified atom stereocenters. The van der Waals surface area contributed by atoms with Crippen LogP contribution in [0.15, 0.2) is 104 Å². The molecule has 4 aromatic rings. The lowest BCUT2D eigenvalue weighted by molar-refractivity contribution is -0.120. The SMILES string of the molecule is C=CCN(C(=O)CNC(=O)c1cnncc1C(=O)N[C@@H](Cc1cc(F)cc(F)c1)C(=O)N(CC=C)c1ccc(OC)cc1)c1ccc(OC)cc1. The average Bonchev–Trinajstić information content (AvgIpc) is 3.14. The van der Waals surface area contributed by atoms with Crippen LogP contribution in [0.2, 0.25) is 0 Å². The van der Waals surface area contributed by atoms with Crippen LogP contribution in [0.1, 0.15) is 26.3 Å². The number of hydrogen-bond acceptors (Lipinski definition) is 8. The summed E-state index contributed by atoms with van der Waals surface area (Å²) in [5.74, 6) is -3.45. The molecule has 4 amide bonds. The molecular weight excluding hydrogens is 662 g/mol. The number of aromatic nitrogens is 2. The number of ether oxygens (including phenoxy) is 2. The van der Waals surface area contributed by atoms with Crippen LogP contribution in [0.25, 0.3) is 0 Å². The van der Waals surface area contributed by atoms with Crippen LogP contribution < -0.4 is 29.9 Å². The molecule has 0 saturated heterocycles. The van der Waals surface area contributed by atoms with Gasteiger partial charge in [0.25, 0.3) is 11.8 Å². The predicted molar refractivity (Wildman–Crippen MR) is 187 cm³/mol. The number of amides is 4. The van der Waals surface area contributed by atoms with Gasteiger partial charge in [-0.25, -0.2) is 8.78 Å². The Morgan fingerprint density at radius 1 is 0.765 bits per heavy atom. The van der Waals surface area contributed by atoms with Crippen LogP contribution in [0.3, 0.4) is 0 Å². The zero-order valence-corrected chi connectivity index (χ0v) is 28.0. The summed E-state index contributed by atoms with van der Waals surface area (Å²) in [5, 5.41) is 12.6. The van der Waals surface area contributed by atoms with Crippen molar-refractivity contribution >= 4 is 35.0 Å². The second-order valence-corrected chi connectivity index (χ2v) is 10.9. The van der Waals surface area contributed by atoms with Gasteiger partial charge in [0, 0.05) is 37.0 Å². The van der Waals surface area contributed by atoms with Crippen molar-refractivity contribution < 1.29 is 37.4 Å². The summed E-state index contributed by atoms with van der Waals surface area (Å²) in [6.45, 7) is 7.13. The van der Waals surface area contributed by atoms with E-state index < -0.39 is 47.8 Å². The largest absolute Gasteiger partial charge is 0.497 e. The van der Waals surface area contributed by atoms with Gasteiger partial charge >= 0.3 is 0 Å². The number of halogens is 2. The minimum atomic E-state index is -1.39. The Hall–Kier alpha value is -6.44. The van der Waals surface area contributed by atoms with Gasteiger partial charge in [0.1, 0.15) is 29.2 Å². The molecule has 4 rings (SSSR count). The second kappa shape index (κ2) is 17.8. The summed E-state index contributed by atoms with van der Waals surface area (Å²) in [7, 11) is 3.01. The highest BCUT2D eigenvalue weighted by Crippen LogP contribution is 2.22. The molecule has 0 aliphatic heterocycles. The maximum absolute atomic E-state index is 14.2. The third-order valence-electron chi connectivity index (χ3n) is 7.54. The van der Waals surface area contributed by atoms with Gasteiger partial charge in [-0.2, -0.15) is 10.2 Å². The predicted octanol–water partition coefficient (Wildman–Crippen LogP) is 4.28. The second-order valence-electron chi connectivity index (χ2n) is 10.9. The van der Waals surface area contributed by atoms with Gasteiger partial charge in [0.05, 0.1) is 44.3 Å². The van der Waals surface area contributed by atoms with Crippen molar-refractivity contribution in [2.45, 2.75) is 12.5 Å². The third-order valence-corrected chi connectivity index (χ3v) is 7.54. The first kappa shape index (κ1) is 37.4. The normalized spacial score (nSPS) is 11.1. The minimum Gasteiger partial charge on any atom is -0.497 e. The quantitative estimate of drug-likeness (QED) is 0.165. The lowest BCUT2D eigenvalue weighted by Gasteiger charge is -2.27. The molecule has 0 aliphatic rings. The fraction of sp³-hybridized carbons (Fsp3) is 0.189. The van der Waals surface area contributed by atoms with Gasteiger partial charge in [-0.1, -0.05) is 12.2 Å². The van der Waals surface area contributed by atoms with Gasteiger partial charge in [-0.05, 0) is 66.2 Å².